The third-order valence-electron chi connectivity index (χ3n) is 8.78. The molecule has 8 aromatic rings. The van der Waals surface area contributed by atoms with Gasteiger partial charge in [-0.1, -0.05) is 97.1 Å². The van der Waals surface area contributed by atoms with E-state index in [1.165, 1.54) is 32.3 Å². The molecule has 0 amide bonds. The van der Waals surface area contributed by atoms with E-state index < -0.39 is 0 Å². The Kier molecular flexibility index (Phi) is 5.82. The Bertz CT molecular complexity index is 2280. The third-order valence-corrected chi connectivity index (χ3v) is 8.78. The fourth-order valence-electron chi connectivity index (χ4n) is 6.80. The van der Waals surface area contributed by atoms with E-state index in [-0.39, 0.29) is 0 Å². The van der Waals surface area contributed by atoms with Crippen LogP contribution in [0.5, 0.6) is 11.5 Å². The molecule has 0 aliphatic carbocycles. The van der Waals surface area contributed by atoms with Gasteiger partial charge < -0.3 is 14.5 Å². The summed E-state index contributed by atoms with van der Waals surface area (Å²) in [4.78, 5) is 4.64. The molecule has 45 heavy (non-hydrogen) atoms. The van der Waals surface area contributed by atoms with Gasteiger partial charge in [0.2, 0.25) is 0 Å². The number of nitrogens with zero attached hydrogens (tertiary/aromatic N) is 2. The van der Waals surface area contributed by atoms with Crippen molar-refractivity contribution in [2.24, 2.45) is 0 Å². The van der Waals surface area contributed by atoms with Gasteiger partial charge in [-0.05, 0) is 105 Å². The second kappa shape index (κ2) is 10.3. The van der Waals surface area contributed by atoms with Crippen LogP contribution in [-0.2, 0) is 0 Å². The minimum atomic E-state index is 0.853. The van der Waals surface area contributed by atoms with Crippen molar-refractivity contribution >= 4 is 66.4 Å². The fraction of sp³-hybridized carbons (Fsp3) is 0. The molecule has 3 heteroatoms. The summed E-state index contributed by atoms with van der Waals surface area (Å²) >= 11 is 0. The van der Waals surface area contributed by atoms with Crippen LogP contribution in [0.4, 0.5) is 34.1 Å². The zero-order valence-corrected chi connectivity index (χ0v) is 24.5. The highest BCUT2D eigenvalue weighted by Gasteiger charge is 2.26. The number of fused-ring (bicyclic) bond motifs is 8. The van der Waals surface area contributed by atoms with E-state index in [9.17, 15) is 0 Å². The van der Waals surface area contributed by atoms with Gasteiger partial charge in [-0.3, -0.25) is 0 Å². The van der Waals surface area contributed by atoms with Gasteiger partial charge >= 0.3 is 0 Å². The van der Waals surface area contributed by atoms with Crippen molar-refractivity contribution in [1.82, 2.24) is 0 Å². The van der Waals surface area contributed by atoms with Crippen LogP contribution in [0.1, 0.15) is 0 Å². The minimum Gasteiger partial charge on any atom is -0.453 e. The van der Waals surface area contributed by atoms with Crippen LogP contribution in [0.3, 0.4) is 0 Å². The van der Waals surface area contributed by atoms with E-state index >= 15 is 0 Å². The van der Waals surface area contributed by atoms with E-state index in [4.69, 9.17) is 4.74 Å². The van der Waals surface area contributed by atoms with E-state index in [0.717, 1.165) is 45.6 Å². The number of ether oxygens (including phenoxy) is 1. The second-order valence-electron chi connectivity index (χ2n) is 11.4. The largest absolute Gasteiger partial charge is 0.453 e. The lowest BCUT2D eigenvalue weighted by Gasteiger charge is -2.33. The van der Waals surface area contributed by atoms with Gasteiger partial charge in [-0.25, -0.2) is 0 Å². The summed E-state index contributed by atoms with van der Waals surface area (Å²) in [5.74, 6) is 1.71. The average molecular weight is 577 g/mol. The number of anilines is 6. The van der Waals surface area contributed by atoms with Crippen LogP contribution in [-0.4, -0.2) is 0 Å². The Labute approximate surface area is 261 Å². The quantitative estimate of drug-likeness (QED) is 0.194. The monoisotopic (exact) mass is 576 g/mol. The van der Waals surface area contributed by atoms with Crippen molar-refractivity contribution in [3.05, 3.63) is 170 Å². The molecule has 212 valence electrons. The van der Waals surface area contributed by atoms with Gasteiger partial charge in [0.15, 0.2) is 11.5 Å². The van der Waals surface area contributed by atoms with Crippen LogP contribution in [0.15, 0.2) is 170 Å². The Morgan fingerprint density at radius 2 is 0.822 bits per heavy atom. The molecule has 1 heterocycles. The topological polar surface area (TPSA) is 15.7 Å². The van der Waals surface area contributed by atoms with Crippen LogP contribution in [0, 0.1) is 0 Å². The van der Waals surface area contributed by atoms with Gasteiger partial charge in [0, 0.05) is 22.7 Å². The van der Waals surface area contributed by atoms with Crippen molar-refractivity contribution in [3.63, 3.8) is 0 Å². The maximum Gasteiger partial charge on any atom is 0.151 e. The average Bonchev–Trinajstić information content (AvgIpc) is 3.11. The number of hydrogen-bond donors (Lipinski definition) is 0. The zero-order valence-electron chi connectivity index (χ0n) is 24.5. The molecular formula is C42H28N2O. The molecule has 3 nitrogen and oxygen atoms in total. The highest BCUT2D eigenvalue weighted by molar-refractivity contribution is 6.26. The first kappa shape index (κ1) is 25.4. The lowest BCUT2D eigenvalue weighted by molar-refractivity contribution is 0.477. The van der Waals surface area contributed by atoms with Crippen molar-refractivity contribution in [2.75, 3.05) is 9.80 Å². The standard InChI is InChI=1S/C42H28N2O/c1-3-13-29(14-4-1)43(30-15-5-2-6-16-30)31-23-25-35-33-17-7-8-18-34(33)37-28-32(24-26-36(37)38(35)27-31)44-39-19-9-11-21-41(39)45-42-22-12-10-20-40(42)44/h1-28H. The molecule has 0 fully saturated rings. The van der Waals surface area contributed by atoms with E-state index in [0.29, 0.717) is 0 Å². The lowest BCUT2D eigenvalue weighted by Crippen LogP contribution is -2.15. The normalized spacial score (nSPS) is 12.1. The molecule has 0 unspecified atom stereocenters. The Morgan fingerprint density at radius 1 is 0.356 bits per heavy atom. The van der Waals surface area contributed by atoms with Crippen molar-refractivity contribution < 1.29 is 4.74 Å². The molecule has 0 atom stereocenters. The Hall–Kier alpha value is -6.06. The summed E-state index contributed by atoms with van der Waals surface area (Å²) in [5, 5.41) is 7.42. The van der Waals surface area contributed by atoms with Gasteiger partial charge in [-0.15, -0.1) is 0 Å². The molecular weight excluding hydrogens is 548 g/mol. The molecule has 8 aromatic carbocycles. The van der Waals surface area contributed by atoms with Crippen LogP contribution < -0.4 is 14.5 Å². The number of benzene rings is 8. The SMILES string of the molecule is c1ccc(N(c2ccccc2)c2ccc3c4ccccc4c4cc(N5c6ccccc6Oc6ccccc65)ccc4c3c2)cc1. The summed E-state index contributed by atoms with van der Waals surface area (Å²) in [5.41, 5.74) is 6.53. The van der Waals surface area contributed by atoms with Crippen LogP contribution in [0.25, 0.3) is 32.3 Å². The predicted octanol–water partition coefficient (Wildman–Crippen LogP) is 12.2. The van der Waals surface area contributed by atoms with Crippen molar-refractivity contribution in [2.45, 2.75) is 0 Å². The smallest absolute Gasteiger partial charge is 0.151 e. The highest BCUT2D eigenvalue weighted by atomic mass is 16.5. The van der Waals surface area contributed by atoms with E-state index in [1.807, 2.05) is 24.3 Å². The van der Waals surface area contributed by atoms with Gasteiger partial charge in [0.1, 0.15) is 0 Å². The predicted molar refractivity (Wildman–Crippen MR) is 188 cm³/mol. The van der Waals surface area contributed by atoms with Crippen molar-refractivity contribution in [1.29, 1.82) is 0 Å². The molecule has 0 spiro atoms. The lowest BCUT2D eigenvalue weighted by atomic mass is 9.93. The maximum absolute atomic E-state index is 6.31. The number of para-hydroxylation sites is 6. The second-order valence-corrected chi connectivity index (χ2v) is 11.4. The van der Waals surface area contributed by atoms with E-state index in [2.05, 4.69) is 155 Å². The molecule has 0 saturated heterocycles. The highest BCUT2D eigenvalue weighted by Crippen LogP contribution is 2.51. The third kappa shape index (κ3) is 4.13. The Balaban J connectivity index is 1.30. The summed E-state index contributed by atoms with van der Waals surface area (Å²) in [6.07, 6.45) is 0. The molecule has 0 aromatic heterocycles. The number of hydrogen-bond acceptors (Lipinski definition) is 3. The molecule has 9 rings (SSSR count). The molecule has 0 saturated carbocycles. The summed E-state index contributed by atoms with van der Waals surface area (Å²) < 4.78 is 6.31. The first-order valence-corrected chi connectivity index (χ1v) is 15.3. The summed E-state index contributed by atoms with van der Waals surface area (Å²) in [6.45, 7) is 0. The van der Waals surface area contributed by atoms with E-state index in [1.54, 1.807) is 0 Å². The van der Waals surface area contributed by atoms with Crippen LogP contribution in [0.2, 0.25) is 0 Å². The molecule has 0 radical (unpaired) electrons. The van der Waals surface area contributed by atoms with Gasteiger partial charge in [0.25, 0.3) is 0 Å². The molecule has 1 aliphatic heterocycles. The first-order chi connectivity index (χ1) is 22.3. The maximum atomic E-state index is 6.31. The molecule has 0 bridgehead atoms. The van der Waals surface area contributed by atoms with Gasteiger partial charge in [0.05, 0.1) is 11.4 Å². The van der Waals surface area contributed by atoms with Crippen molar-refractivity contribution in [3.8, 4) is 11.5 Å². The Morgan fingerprint density at radius 3 is 1.47 bits per heavy atom. The molecule has 1 aliphatic rings. The zero-order chi connectivity index (χ0) is 29.7. The minimum absolute atomic E-state index is 0.853. The summed E-state index contributed by atoms with van der Waals surface area (Å²) in [7, 11) is 0. The molecule has 0 N–H and O–H groups in total. The summed E-state index contributed by atoms with van der Waals surface area (Å²) in [6, 6.07) is 60.2. The first-order valence-electron chi connectivity index (χ1n) is 15.3. The fourth-order valence-corrected chi connectivity index (χ4v) is 6.80. The van der Waals surface area contributed by atoms with Gasteiger partial charge in [-0.2, -0.15) is 0 Å². The number of rotatable bonds is 4. The van der Waals surface area contributed by atoms with Crippen LogP contribution >= 0.6 is 0 Å².